The summed E-state index contributed by atoms with van der Waals surface area (Å²) in [4.78, 5) is 23.3. The van der Waals surface area contributed by atoms with Crippen molar-refractivity contribution >= 4 is 17.9 Å². The minimum atomic E-state index is -1.13. The van der Waals surface area contributed by atoms with E-state index in [1.807, 2.05) is 30.3 Å². The maximum absolute atomic E-state index is 10.4. The molecule has 11 N–H and O–H groups in total. The van der Waals surface area contributed by atoms with Crippen LogP contribution >= 0.6 is 0 Å². The van der Waals surface area contributed by atoms with Crippen molar-refractivity contribution in [3.8, 4) is 5.75 Å². The Bertz CT molecular complexity index is 911. The molecule has 6 atom stereocenters. The van der Waals surface area contributed by atoms with Crippen LogP contribution in [0, 0.1) is 11.8 Å². The number of aliphatic carboxylic acids is 2. The van der Waals surface area contributed by atoms with Crippen molar-refractivity contribution in [2.24, 2.45) is 23.3 Å². The summed E-state index contributed by atoms with van der Waals surface area (Å²) < 4.78 is 5.52. The van der Waals surface area contributed by atoms with E-state index in [4.69, 9.17) is 16.2 Å². The number of carboxylic acids is 2. The summed E-state index contributed by atoms with van der Waals surface area (Å²) in [6.07, 6.45) is 6.89. The Hall–Kier alpha value is -3.19. The Morgan fingerprint density at radius 1 is 1.07 bits per heavy atom. The Kier molecular flexibility index (Phi) is 17.2. The second kappa shape index (κ2) is 19.8. The molecule has 0 spiro atoms. The number of carbonyl (C=O) groups excluding carboxylic acids is 2. The first-order valence-electron chi connectivity index (χ1n) is 13.8. The molecule has 0 aliphatic heterocycles. The molecule has 1 fully saturated rings. The van der Waals surface area contributed by atoms with Gasteiger partial charge in [-0.1, -0.05) is 49.6 Å². The van der Waals surface area contributed by atoms with Crippen LogP contribution < -0.4 is 37.1 Å². The number of unbranched alkanes of at least 4 members (excludes halogenated alkanes) is 3. The van der Waals surface area contributed by atoms with Gasteiger partial charge in [-0.05, 0) is 43.7 Å². The van der Waals surface area contributed by atoms with E-state index in [0.717, 1.165) is 25.7 Å². The molecule has 1 aliphatic carbocycles. The third-order valence-electron chi connectivity index (χ3n) is 6.70. The van der Waals surface area contributed by atoms with Gasteiger partial charge in [0.1, 0.15) is 24.5 Å². The van der Waals surface area contributed by atoms with E-state index in [0.29, 0.717) is 38.0 Å². The maximum Gasteiger partial charge on any atom is 0.338 e. The summed E-state index contributed by atoms with van der Waals surface area (Å²) in [7, 11) is 0. The van der Waals surface area contributed by atoms with Gasteiger partial charge >= 0.3 is 5.96 Å². The summed E-state index contributed by atoms with van der Waals surface area (Å²) in [6, 6.07) is 8.58. The summed E-state index contributed by atoms with van der Waals surface area (Å²) in [5.74, 6) is -1.58. The largest absolute Gasteiger partial charge is 0.550 e. The van der Waals surface area contributed by atoms with E-state index in [1.165, 1.54) is 0 Å². The molecule has 0 saturated heterocycles. The van der Waals surface area contributed by atoms with Crippen LogP contribution in [0.15, 0.2) is 42.5 Å². The average Bonchev–Trinajstić information content (AvgIpc) is 3.18. The van der Waals surface area contributed by atoms with Crippen molar-refractivity contribution in [1.82, 2.24) is 0 Å². The second-order valence-corrected chi connectivity index (χ2v) is 10.1. The van der Waals surface area contributed by atoms with E-state index in [1.54, 1.807) is 12.2 Å². The first-order valence-corrected chi connectivity index (χ1v) is 13.8. The normalized spacial score (nSPS) is 21.7. The van der Waals surface area contributed by atoms with Crippen LogP contribution in [0.4, 0.5) is 0 Å². The molecular weight excluding hydrogens is 520 g/mol. The van der Waals surface area contributed by atoms with Gasteiger partial charge in [-0.25, -0.2) is 0 Å². The van der Waals surface area contributed by atoms with E-state index >= 15 is 0 Å². The number of aliphatic hydroxyl groups is 3. The molecule has 1 saturated carbocycles. The van der Waals surface area contributed by atoms with E-state index in [9.17, 15) is 35.1 Å². The molecule has 2 rings (SSSR count). The fraction of sp³-hybridized carbons (Fsp3) is 0.607. The molecule has 0 bridgehead atoms. The average molecular weight is 567 g/mol. The second-order valence-electron chi connectivity index (χ2n) is 10.1. The minimum absolute atomic E-state index is 0.0605. The lowest BCUT2D eigenvalue weighted by Crippen LogP contribution is -2.78. The lowest BCUT2D eigenvalue weighted by Gasteiger charge is -2.21. The van der Waals surface area contributed by atoms with Crippen molar-refractivity contribution in [1.29, 1.82) is 0 Å². The van der Waals surface area contributed by atoms with Gasteiger partial charge in [0.2, 0.25) is 0 Å². The van der Waals surface area contributed by atoms with Crippen molar-refractivity contribution in [3.05, 3.63) is 42.5 Å². The lowest BCUT2D eigenvalue weighted by atomic mass is 9.88. The molecule has 1 aliphatic rings. The smallest absolute Gasteiger partial charge is 0.338 e. The number of guanidine groups is 1. The fourth-order valence-corrected chi connectivity index (χ4v) is 4.49. The predicted octanol–water partition coefficient (Wildman–Crippen LogP) is -4.09. The monoisotopic (exact) mass is 566 g/mol. The first-order chi connectivity index (χ1) is 19.0. The van der Waals surface area contributed by atoms with Crippen LogP contribution in [-0.4, -0.2) is 70.7 Å². The number of carboxylic acid groups (broad SMARTS) is 2. The number of rotatable bonds is 17. The van der Waals surface area contributed by atoms with Crippen molar-refractivity contribution in [3.63, 3.8) is 0 Å². The summed E-state index contributed by atoms with van der Waals surface area (Å²) >= 11 is 0. The topological polar surface area (TPSA) is 244 Å². The Labute approximate surface area is 235 Å². The predicted molar refractivity (Wildman–Crippen MR) is 144 cm³/mol. The number of benzene rings is 1. The van der Waals surface area contributed by atoms with E-state index in [2.05, 4.69) is 10.7 Å². The summed E-state index contributed by atoms with van der Waals surface area (Å²) in [6.45, 7) is 0.677. The molecule has 12 heteroatoms. The third-order valence-corrected chi connectivity index (χ3v) is 6.70. The van der Waals surface area contributed by atoms with Gasteiger partial charge in [0, 0.05) is 24.7 Å². The highest BCUT2D eigenvalue weighted by Gasteiger charge is 2.39. The zero-order valence-electron chi connectivity index (χ0n) is 23.0. The number of para-hydroxylation sites is 1. The van der Waals surface area contributed by atoms with Gasteiger partial charge in [0.15, 0.2) is 0 Å². The molecule has 12 nitrogen and oxygen atoms in total. The van der Waals surface area contributed by atoms with Gasteiger partial charge in [-0.2, -0.15) is 0 Å². The van der Waals surface area contributed by atoms with Gasteiger partial charge < -0.3 is 45.6 Å². The first kappa shape index (κ1) is 34.8. The number of nitrogens with two attached hydrogens (primary N) is 2. The number of ether oxygens (including phenoxy) is 1. The molecule has 1 aromatic carbocycles. The van der Waals surface area contributed by atoms with Gasteiger partial charge in [-0.15, -0.1) is 0 Å². The number of aliphatic hydroxyl groups excluding tert-OH is 3. The standard InChI is InChI=1S/C22H32O6.C6H14N4O2/c23-16(15-28-17-8-4-3-5-9-17)12-13-19-18(20(24)14-21(19)25)10-6-1-2-7-11-22(26)27;7-4(5(11)12)2-1-3-10-6(8)9/h3-5,8-9,12-13,16,18-21,23-25H,1-2,6-7,10-11,14-15H2,(H,26,27);4H,1-3,7H2,(H,11,12)(H4,8,9,10)/b13-12+;/t16-,18?,19-,20+,21-;4-/m10/s1. The highest BCUT2D eigenvalue weighted by Crippen LogP contribution is 2.37. The van der Waals surface area contributed by atoms with Gasteiger partial charge in [0.25, 0.3) is 0 Å². The number of hydrogen-bond donors (Lipinski definition) is 7. The molecule has 0 heterocycles. The van der Waals surface area contributed by atoms with Crippen LogP contribution in [0.3, 0.4) is 0 Å². The van der Waals surface area contributed by atoms with Crippen LogP contribution in [-0.2, 0) is 9.59 Å². The molecule has 40 heavy (non-hydrogen) atoms. The van der Waals surface area contributed by atoms with Crippen molar-refractivity contribution < 1.29 is 50.6 Å². The molecule has 1 unspecified atom stereocenters. The number of nitrogens with one attached hydrogen (secondary N) is 1. The van der Waals surface area contributed by atoms with Crippen LogP contribution in [0.25, 0.3) is 0 Å². The van der Waals surface area contributed by atoms with Gasteiger partial charge in [-0.3, -0.25) is 16.5 Å². The number of carbonyl (C=O) groups is 2. The zero-order chi connectivity index (χ0) is 29.9. The zero-order valence-corrected chi connectivity index (χ0v) is 23.0. The third kappa shape index (κ3) is 15.4. The van der Waals surface area contributed by atoms with E-state index in [-0.39, 0.29) is 30.8 Å². The SMILES string of the molecule is NC(N)=[NH+]CCC[C@H]([NH3+])C(=O)[O-].O=C([O-])CCCCCCC1[C@@H](/C=C/[C@@H](O)COc2ccccc2)[C@H](O)C[C@@H]1O. The van der Waals surface area contributed by atoms with Crippen LogP contribution in [0.2, 0.25) is 0 Å². The molecule has 0 amide bonds. The quantitative estimate of drug-likeness (QED) is 0.0416. The van der Waals surface area contributed by atoms with Crippen LogP contribution in [0.5, 0.6) is 5.75 Å². The molecule has 1 aromatic rings. The van der Waals surface area contributed by atoms with Crippen molar-refractivity contribution in [2.45, 2.75) is 82.1 Å². The van der Waals surface area contributed by atoms with Gasteiger partial charge in [0.05, 0.1) is 24.7 Å². The summed E-state index contributed by atoms with van der Waals surface area (Å²) in [5.41, 5.74) is 13.6. The summed E-state index contributed by atoms with van der Waals surface area (Å²) in [5, 5.41) is 51.2. The molecule has 0 aromatic heterocycles. The number of hydrogen-bond acceptors (Lipinski definition) is 8. The molecule has 0 radical (unpaired) electrons. The highest BCUT2D eigenvalue weighted by molar-refractivity contribution is 5.69. The lowest BCUT2D eigenvalue weighted by molar-refractivity contribution is -0.466. The Morgan fingerprint density at radius 3 is 2.38 bits per heavy atom. The Balaban J connectivity index is 0.000000562. The fourth-order valence-electron chi connectivity index (χ4n) is 4.49. The van der Waals surface area contributed by atoms with Crippen molar-refractivity contribution in [2.75, 3.05) is 13.2 Å². The Morgan fingerprint density at radius 2 is 1.75 bits per heavy atom. The molecule has 226 valence electrons. The van der Waals surface area contributed by atoms with Crippen LogP contribution in [0.1, 0.15) is 57.8 Å². The van der Waals surface area contributed by atoms with E-state index < -0.39 is 36.3 Å². The number of quaternary nitrogens is 1. The maximum atomic E-state index is 10.4. The molecular formula is C28H46N4O8. The minimum Gasteiger partial charge on any atom is -0.550 e. The highest BCUT2D eigenvalue weighted by atomic mass is 16.5.